The van der Waals surface area contributed by atoms with E-state index in [1.54, 1.807) is 13.1 Å². The standard InChI is InChI=1S/C13H12ClN3O3S/c1-17-8-13(15-9-17)21(19,20)16-12-5-4-11(14)7-10(12)3-2-6-18/h4-5,7-9,16,18H,6H2,1H3. The van der Waals surface area contributed by atoms with Gasteiger partial charge in [-0.2, -0.15) is 8.42 Å². The van der Waals surface area contributed by atoms with Crippen molar-refractivity contribution >= 4 is 27.3 Å². The minimum absolute atomic E-state index is 0.0963. The van der Waals surface area contributed by atoms with Gasteiger partial charge in [-0.05, 0) is 18.2 Å². The molecule has 0 fully saturated rings. The fourth-order valence-electron chi connectivity index (χ4n) is 1.57. The first-order valence-corrected chi connectivity index (χ1v) is 7.68. The number of imidazole rings is 1. The summed E-state index contributed by atoms with van der Waals surface area (Å²) in [6, 6.07) is 4.56. The number of aromatic nitrogens is 2. The Morgan fingerprint density at radius 3 is 2.86 bits per heavy atom. The molecule has 21 heavy (non-hydrogen) atoms. The van der Waals surface area contributed by atoms with E-state index >= 15 is 0 Å². The predicted octanol–water partition coefficient (Wildman–Crippen LogP) is 1.22. The van der Waals surface area contributed by atoms with Crippen LogP contribution < -0.4 is 4.72 Å². The number of halogens is 1. The van der Waals surface area contributed by atoms with E-state index in [1.165, 1.54) is 29.2 Å². The van der Waals surface area contributed by atoms with Crippen LogP contribution in [0.4, 0.5) is 5.69 Å². The van der Waals surface area contributed by atoms with Crippen LogP contribution in [0.15, 0.2) is 35.7 Å². The summed E-state index contributed by atoms with van der Waals surface area (Å²) in [6.07, 6.45) is 2.78. The fourth-order valence-corrected chi connectivity index (χ4v) is 2.80. The molecule has 0 bridgehead atoms. The molecule has 2 aromatic rings. The second-order valence-corrected chi connectivity index (χ2v) is 6.20. The molecule has 0 spiro atoms. The van der Waals surface area contributed by atoms with Crippen LogP contribution in [-0.2, 0) is 17.1 Å². The largest absolute Gasteiger partial charge is 0.384 e. The lowest BCUT2D eigenvalue weighted by atomic mass is 10.2. The molecule has 2 rings (SSSR count). The second kappa shape index (κ2) is 6.18. The molecule has 1 aromatic carbocycles. The van der Waals surface area contributed by atoms with Gasteiger partial charge in [0, 0.05) is 18.3 Å². The second-order valence-electron chi connectivity index (χ2n) is 4.13. The highest BCUT2D eigenvalue weighted by atomic mass is 35.5. The number of anilines is 1. The minimum atomic E-state index is -3.81. The lowest BCUT2D eigenvalue weighted by Gasteiger charge is -2.08. The maximum atomic E-state index is 12.2. The van der Waals surface area contributed by atoms with Gasteiger partial charge in [0.15, 0.2) is 5.03 Å². The fraction of sp³-hybridized carbons (Fsp3) is 0.154. The maximum Gasteiger partial charge on any atom is 0.280 e. The number of sulfonamides is 1. The van der Waals surface area contributed by atoms with Crippen LogP contribution in [-0.4, -0.2) is 29.7 Å². The van der Waals surface area contributed by atoms with Gasteiger partial charge in [0.25, 0.3) is 10.0 Å². The van der Waals surface area contributed by atoms with Gasteiger partial charge in [-0.15, -0.1) is 0 Å². The maximum absolute atomic E-state index is 12.2. The Morgan fingerprint density at radius 1 is 1.48 bits per heavy atom. The molecule has 0 saturated carbocycles. The molecular weight excluding hydrogens is 314 g/mol. The number of aliphatic hydroxyl groups is 1. The molecule has 0 aliphatic rings. The third-order valence-electron chi connectivity index (χ3n) is 2.48. The number of aryl methyl sites for hydroxylation is 1. The van der Waals surface area contributed by atoms with Gasteiger partial charge in [-0.3, -0.25) is 4.72 Å². The molecule has 6 nitrogen and oxygen atoms in total. The van der Waals surface area contributed by atoms with Crippen LogP contribution in [0, 0.1) is 11.8 Å². The third-order valence-corrected chi connectivity index (χ3v) is 3.97. The highest BCUT2D eigenvalue weighted by molar-refractivity contribution is 7.92. The quantitative estimate of drug-likeness (QED) is 0.831. The van der Waals surface area contributed by atoms with Gasteiger partial charge in [0.05, 0.1) is 17.6 Å². The van der Waals surface area contributed by atoms with E-state index < -0.39 is 10.0 Å². The molecule has 110 valence electrons. The number of benzene rings is 1. The van der Waals surface area contributed by atoms with Crippen molar-refractivity contribution in [1.29, 1.82) is 0 Å². The Hall–Kier alpha value is -2.01. The van der Waals surface area contributed by atoms with E-state index in [0.717, 1.165) is 0 Å². The van der Waals surface area contributed by atoms with Crippen LogP contribution in [0.5, 0.6) is 0 Å². The van der Waals surface area contributed by atoms with E-state index in [4.69, 9.17) is 16.7 Å². The molecule has 0 aliphatic heterocycles. The van der Waals surface area contributed by atoms with E-state index in [9.17, 15) is 8.42 Å². The zero-order valence-corrected chi connectivity index (χ0v) is 12.6. The molecule has 0 atom stereocenters. The molecule has 1 aromatic heterocycles. The van der Waals surface area contributed by atoms with Crippen molar-refractivity contribution in [2.75, 3.05) is 11.3 Å². The Labute approximate surface area is 127 Å². The Balaban J connectivity index is 2.39. The summed E-state index contributed by atoms with van der Waals surface area (Å²) in [5.74, 6) is 5.10. The van der Waals surface area contributed by atoms with Gasteiger partial charge in [0.2, 0.25) is 0 Å². The summed E-state index contributed by atoms with van der Waals surface area (Å²) in [5, 5.41) is 9.06. The average molecular weight is 326 g/mol. The van der Waals surface area contributed by atoms with Gasteiger partial charge in [-0.25, -0.2) is 4.98 Å². The summed E-state index contributed by atoms with van der Waals surface area (Å²) >= 11 is 5.86. The predicted molar refractivity (Wildman–Crippen MR) is 79.4 cm³/mol. The highest BCUT2D eigenvalue weighted by Gasteiger charge is 2.18. The molecule has 0 aliphatic carbocycles. The Morgan fingerprint density at radius 2 is 2.24 bits per heavy atom. The van der Waals surface area contributed by atoms with Crippen LogP contribution in [0.3, 0.4) is 0 Å². The van der Waals surface area contributed by atoms with E-state index in [1.807, 2.05) is 0 Å². The summed E-state index contributed by atoms with van der Waals surface area (Å²) < 4.78 is 28.4. The van der Waals surface area contributed by atoms with Gasteiger partial charge in [-0.1, -0.05) is 23.4 Å². The molecular formula is C13H12ClN3O3S. The van der Waals surface area contributed by atoms with Crippen molar-refractivity contribution in [3.05, 3.63) is 41.3 Å². The molecule has 8 heteroatoms. The van der Waals surface area contributed by atoms with Crippen LogP contribution in [0.25, 0.3) is 0 Å². The van der Waals surface area contributed by atoms with Crippen LogP contribution >= 0.6 is 11.6 Å². The van der Waals surface area contributed by atoms with E-state index in [0.29, 0.717) is 10.6 Å². The summed E-state index contributed by atoms with van der Waals surface area (Å²) in [6.45, 7) is -0.334. The van der Waals surface area contributed by atoms with Gasteiger partial charge in [0.1, 0.15) is 6.61 Å². The molecule has 2 N–H and O–H groups in total. The number of hydrogen-bond acceptors (Lipinski definition) is 4. The molecule has 0 radical (unpaired) electrons. The Bertz CT molecular complexity index is 819. The average Bonchev–Trinajstić information content (AvgIpc) is 2.86. The zero-order chi connectivity index (χ0) is 15.5. The monoisotopic (exact) mass is 325 g/mol. The topological polar surface area (TPSA) is 84.2 Å². The van der Waals surface area contributed by atoms with Gasteiger partial charge < -0.3 is 9.67 Å². The smallest absolute Gasteiger partial charge is 0.280 e. The number of hydrogen-bond donors (Lipinski definition) is 2. The number of rotatable bonds is 3. The van der Waals surface area contributed by atoms with Crippen molar-refractivity contribution < 1.29 is 13.5 Å². The highest BCUT2D eigenvalue weighted by Crippen LogP contribution is 2.22. The summed E-state index contributed by atoms with van der Waals surface area (Å²) in [7, 11) is -2.14. The van der Waals surface area contributed by atoms with Crippen molar-refractivity contribution in [2.45, 2.75) is 5.03 Å². The SMILES string of the molecule is Cn1cnc(S(=O)(=O)Nc2ccc(Cl)cc2C#CCO)c1. The molecule has 0 amide bonds. The lowest BCUT2D eigenvalue weighted by molar-refractivity contribution is 0.350. The van der Waals surface area contributed by atoms with Crippen molar-refractivity contribution in [1.82, 2.24) is 9.55 Å². The third kappa shape index (κ3) is 3.76. The first-order chi connectivity index (χ1) is 9.92. The van der Waals surface area contributed by atoms with Crippen LogP contribution in [0.1, 0.15) is 5.56 Å². The summed E-state index contributed by atoms with van der Waals surface area (Å²) in [4.78, 5) is 3.80. The molecule has 1 heterocycles. The molecule has 0 saturated heterocycles. The number of aliphatic hydroxyl groups excluding tert-OH is 1. The van der Waals surface area contributed by atoms with E-state index in [2.05, 4.69) is 21.5 Å². The van der Waals surface area contributed by atoms with E-state index in [-0.39, 0.29) is 17.3 Å². The normalized spacial score (nSPS) is 10.8. The van der Waals surface area contributed by atoms with Crippen molar-refractivity contribution in [3.8, 4) is 11.8 Å². The number of nitrogens with one attached hydrogen (secondary N) is 1. The van der Waals surface area contributed by atoms with Crippen molar-refractivity contribution in [3.63, 3.8) is 0 Å². The summed E-state index contributed by atoms with van der Waals surface area (Å²) in [5.41, 5.74) is 0.641. The van der Waals surface area contributed by atoms with Crippen molar-refractivity contribution in [2.24, 2.45) is 7.05 Å². The number of nitrogens with zero attached hydrogens (tertiary/aromatic N) is 2. The first-order valence-electron chi connectivity index (χ1n) is 5.82. The minimum Gasteiger partial charge on any atom is -0.384 e. The first kappa shape index (κ1) is 15.4. The van der Waals surface area contributed by atoms with Gasteiger partial charge >= 0.3 is 0 Å². The Kier molecular flexibility index (Phi) is 4.53. The van der Waals surface area contributed by atoms with Crippen LogP contribution in [0.2, 0.25) is 5.02 Å². The lowest BCUT2D eigenvalue weighted by Crippen LogP contribution is -2.14. The zero-order valence-electron chi connectivity index (χ0n) is 11.0. The molecule has 0 unspecified atom stereocenters.